The third-order valence-electron chi connectivity index (χ3n) is 3.65. The molecule has 1 aromatic heterocycles. The summed E-state index contributed by atoms with van der Waals surface area (Å²) < 4.78 is 63.1. The van der Waals surface area contributed by atoms with Crippen molar-refractivity contribution >= 4 is 37.9 Å². The Balaban J connectivity index is 1.81. The molecular formula is C13H11ClF3N3O2S2. The van der Waals surface area contributed by atoms with Gasteiger partial charge in [0.2, 0.25) is 10.1 Å². The van der Waals surface area contributed by atoms with Crippen molar-refractivity contribution in [2.45, 2.75) is 22.7 Å². The zero-order chi connectivity index (χ0) is 17.5. The topological polar surface area (TPSA) is 63.2 Å². The maximum absolute atomic E-state index is 12.7. The summed E-state index contributed by atoms with van der Waals surface area (Å²) in [7, 11) is -3.67. The Labute approximate surface area is 145 Å². The first-order chi connectivity index (χ1) is 11.2. The molecule has 1 unspecified atom stereocenters. The quantitative estimate of drug-likeness (QED) is 0.795. The Kier molecular flexibility index (Phi) is 4.47. The van der Waals surface area contributed by atoms with Crippen LogP contribution in [0.25, 0.3) is 0 Å². The van der Waals surface area contributed by atoms with Gasteiger partial charge in [0.25, 0.3) is 0 Å². The highest BCUT2D eigenvalue weighted by molar-refractivity contribution is 7.92. The molecule has 0 radical (unpaired) electrons. The van der Waals surface area contributed by atoms with Crippen molar-refractivity contribution < 1.29 is 21.6 Å². The van der Waals surface area contributed by atoms with Crippen molar-refractivity contribution in [1.82, 2.24) is 10.2 Å². The maximum Gasteiger partial charge on any atom is 0.445 e. The van der Waals surface area contributed by atoms with Crippen LogP contribution < -0.4 is 4.90 Å². The summed E-state index contributed by atoms with van der Waals surface area (Å²) in [6.07, 6.45) is -4.27. The average Bonchev–Trinajstić information content (AvgIpc) is 3.16. The molecule has 0 amide bonds. The molecule has 1 aliphatic rings. The summed E-state index contributed by atoms with van der Waals surface area (Å²) in [5.41, 5.74) is 0. The van der Waals surface area contributed by atoms with E-state index >= 15 is 0 Å². The minimum Gasteiger partial charge on any atom is -0.345 e. The van der Waals surface area contributed by atoms with Crippen LogP contribution in [0.15, 0.2) is 29.2 Å². The number of benzene rings is 1. The highest BCUT2D eigenvalue weighted by atomic mass is 35.5. The number of hydrogen-bond acceptors (Lipinski definition) is 6. The van der Waals surface area contributed by atoms with E-state index in [-0.39, 0.29) is 28.0 Å². The number of alkyl halides is 3. The highest BCUT2D eigenvalue weighted by Crippen LogP contribution is 2.36. The average molecular weight is 398 g/mol. The van der Waals surface area contributed by atoms with E-state index in [9.17, 15) is 21.6 Å². The van der Waals surface area contributed by atoms with Gasteiger partial charge in [-0.25, -0.2) is 8.42 Å². The van der Waals surface area contributed by atoms with Crippen LogP contribution in [0.3, 0.4) is 0 Å². The van der Waals surface area contributed by atoms with E-state index in [1.54, 1.807) is 12.1 Å². The molecule has 1 aromatic carbocycles. The Morgan fingerprint density at radius 3 is 2.58 bits per heavy atom. The number of sulfone groups is 1. The van der Waals surface area contributed by atoms with Gasteiger partial charge in [-0.15, -0.1) is 10.2 Å². The largest absolute Gasteiger partial charge is 0.445 e. The Morgan fingerprint density at radius 1 is 1.25 bits per heavy atom. The molecule has 24 heavy (non-hydrogen) atoms. The summed E-state index contributed by atoms with van der Waals surface area (Å²) >= 11 is 6.36. The van der Waals surface area contributed by atoms with Crippen molar-refractivity contribution in [3.63, 3.8) is 0 Å². The predicted octanol–water partition coefficient (Wildman–Crippen LogP) is 3.26. The number of hydrogen-bond donors (Lipinski definition) is 0. The Bertz CT molecular complexity index is 854. The number of nitrogens with zero attached hydrogens (tertiary/aromatic N) is 3. The van der Waals surface area contributed by atoms with Gasteiger partial charge in [-0.2, -0.15) is 13.2 Å². The molecule has 0 bridgehead atoms. The Hall–Kier alpha value is -1.39. The molecule has 2 heterocycles. The summed E-state index contributed by atoms with van der Waals surface area (Å²) in [6, 6.07) is 6.11. The van der Waals surface area contributed by atoms with Crippen molar-refractivity contribution in [2.75, 3.05) is 18.0 Å². The van der Waals surface area contributed by atoms with Gasteiger partial charge in [-0.05, 0) is 18.6 Å². The fraction of sp³-hybridized carbons (Fsp3) is 0.385. The van der Waals surface area contributed by atoms with E-state index in [4.69, 9.17) is 11.6 Å². The van der Waals surface area contributed by atoms with Gasteiger partial charge in [-0.1, -0.05) is 35.1 Å². The zero-order valence-electron chi connectivity index (χ0n) is 12.0. The van der Waals surface area contributed by atoms with E-state index < -0.39 is 26.3 Å². The minimum atomic E-state index is -4.56. The molecule has 2 aromatic rings. The Morgan fingerprint density at radius 2 is 1.96 bits per heavy atom. The zero-order valence-corrected chi connectivity index (χ0v) is 14.4. The maximum atomic E-state index is 12.7. The molecule has 0 saturated carbocycles. The minimum absolute atomic E-state index is 0.0340. The molecule has 5 nitrogen and oxygen atoms in total. The van der Waals surface area contributed by atoms with Crippen LogP contribution >= 0.6 is 22.9 Å². The highest BCUT2D eigenvalue weighted by Gasteiger charge is 2.39. The normalized spacial score (nSPS) is 19.0. The van der Waals surface area contributed by atoms with Gasteiger partial charge in [-0.3, -0.25) is 0 Å². The van der Waals surface area contributed by atoms with E-state index in [1.807, 2.05) is 0 Å². The van der Waals surface area contributed by atoms with Crippen LogP contribution in [0.4, 0.5) is 18.3 Å². The van der Waals surface area contributed by atoms with Crippen LogP contribution in [-0.4, -0.2) is 37.0 Å². The molecule has 3 rings (SSSR count). The smallest absolute Gasteiger partial charge is 0.345 e. The van der Waals surface area contributed by atoms with Crippen LogP contribution in [0.5, 0.6) is 0 Å². The van der Waals surface area contributed by atoms with Crippen LogP contribution in [0, 0.1) is 0 Å². The van der Waals surface area contributed by atoms with E-state index in [0.29, 0.717) is 17.9 Å². The summed E-state index contributed by atoms with van der Waals surface area (Å²) in [5.74, 6) is 0. The monoisotopic (exact) mass is 397 g/mol. The first-order valence-electron chi connectivity index (χ1n) is 6.83. The molecule has 1 fully saturated rings. The van der Waals surface area contributed by atoms with Gasteiger partial charge in [0, 0.05) is 13.1 Å². The van der Waals surface area contributed by atoms with E-state index in [1.165, 1.54) is 17.0 Å². The summed E-state index contributed by atoms with van der Waals surface area (Å²) in [4.78, 5) is 1.54. The predicted molar refractivity (Wildman–Crippen MR) is 84.2 cm³/mol. The first kappa shape index (κ1) is 17.4. The first-order valence-corrected chi connectivity index (χ1v) is 9.58. The molecule has 11 heteroatoms. The fourth-order valence-electron chi connectivity index (χ4n) is 2.47. The second-order valence-electron chi connectivity index (χ2n) is 5.22. The third-order valence-corrected chi connectivity index (χ3v) is 7.36. The lowest BCUT2D eigenvalue weighted by Gasteiger charge is -2.15. The summed E-state index contributed by atoms with van der Waals surface area (Å²) in [5, 5.41) is 5.05. The van der Waals surface area contributed by atoms with Crippen molar-refractivity contribution in [3.8, 4) is 0 Å². The SMILES string of the molecule is O=S(=O)(c1ccccc1Cl)C1CCN(c2nnc(C(F)(F)F)s2)C1. The fourth-order valence-corrected chi connectivity index (χ4v) is 5.43. The van der Waals surface area contributed by atoms with Crippen molar-refractivity contribution in [3.05, 3.63) is 34.3 Å². The number of aromatic nitrogens is 2. The second kappa shape index (κ2) is 6.16. The standard InChI is InChI=1S/C13H11ClF3N3O2S2/c14-9-3-1-2-4-10(9)24(21,22)8-5-6-20(7-8)12-19-18-11(23-12)13(15,16)17/h1-4,8H,5-7H2. The van der Waals surface area contributed by atoms with Crippen LogP contribution in [-0.2, 0) is 16.0 Å². The van der Waals surface area contributed by atoms with E-state index in [0.717, 1.165) is 0 Å². The molecule has 1 saturated heterocycles. The molecule has 0 N–H and O–H groups in total. The van der Waals surface area contributed by atoms with Gasteiger partial charge in [0.05, 0.1) is 15.2 Å². The lowest BCUT2D eigenvalue weighted by Crippen LogP contribution is -2.27. The van der Waals surface area contributed by atoms with Crippen LogP contribution in [0.2, 0.25) is 5.02 Å². The van der Waals surface area contributed by atoms with Crippen LogP contribution in [0.1, 0.15) is 11.4 Å². The van der Waals surface area contributed by atoms with Gasteiger partial charge < -0.3 is 4.90 Å². The lowest BCUT2D eigenvalue weighted by atomic mass is 10.4. The lowest BCUT2D eigenvalue weighted by molar-refractivity contribution is -0.138. The van der Waals surface area contributed by atoms with Gasteiger partial charge in [0.1, 0.15) is 0 Å². The molecule has 130 valence electrons. The summed E-state index contributed by atoms with van der Waals surface area (Å²) in [6.45, 7) is 0.348. The molecule has 1 atom stereocenters. The van der Waals surface area contributed by atoms with E-state index in [2.05, 4.69) is 10.2 Å². The number of rotatable bonds is 3. The molecule has 0 spiro atoms. The van der Waals surface area contributed by atoms with Gasteiger partial charge in [0.15, 0.2) is 9.84 Å². The third kappa shape index (κ3) is 3.22. The second-order valence-corrected chi connectivity index (χ2v) is 8.78. The molecule has 0 aliphatic carbocycles. The van der Waals surface area contributed by atoms with Crippen molar-refractivity contribution in [2.24, 2.45) is 0 Å². The molecule has 1 aliphatic heterocycles. The van der Waals surface area contributed by atoms with Crippen molar-refractivity contribution in [1.29, 1.82) is 0 Å². The number of halogens is 4. The van der Waals surface area contributed by atoms with Gasteiger partial charge >= 0.3 is 6.18 Å². The molecular weight excluding hydrogens is 387 g/mol. The number of anilines is 1.